The first kappa shape index (κ1) is 14.3. The predicted molar refractivity (Wildman–Crippen MR) is 70.2 cm³/mol. The number of hydrogen-bond acceptors (Lipinski definition) is 3. The number of carbonyl (C=O) groups excluding carboxylic acids is 1. The van der Waals surface area contributed by atoms with Gasteiger partial charge in [-0.15, -0.1) is 0 Å². The summed E-state index contributed by atoms with van der Waals surface area (Å²) in [7, 11) is 7.81. The number of amides is 2. The monoisotopic (exact) mass is 242 g/mol. The molecule has 100 valence electrons. The Hall–Kier alpha value is -0.810. The number of nitrogens with zero attached hydrogens (tertiary/aromatic N) is 4. The van der Waals surface area contributed by atoms with Crippen LogP contribution in [0.4, 0.5) is 4.79 Å². The molecule has 1 atom stereocenters. The first-order chi connectivity index (χ1) is 7.91. The summed E-state index contributed by atoms with van der Waals surface area (Å²) in [6, 6.07) is 0.580. The van der Waals surface area contributed by atoms with Crippen LogP contribution in [0.1, 0.15) is 6.92 Å². The molecule has 1 unspecified atom stereocenters. The molecule has 2 amide bonds. The van der Waals surface area contributed by atoms with Crippen LogP contribution in [0.15, 0.2) is 0 Å². The van der Waals surface area contributed by atoms with Gasteiger partial charge in [0.05, 0.1) is 0 Å². The van der Waals surface area contributed by atoms with Crippen molar-refractivity contribution in [1.82, 2.24) is 19.6 Å². The largest absolute Gasteiger partial charge is 0.331 e. The summed E-state index contributed by atoms with van der Waals surface area (Å²) < 4.78 is 0. The van der Waals surface area contributed by atoms with Crippen LogP contribution in [0, 0.1) is 0 Å². The minimum Gasteiger partial charge on any atom is -0.331 e. The molecule has 0 aliphatic carbocycles. The number of likely N-dealkylation sites (N-methyl/N-ethyl adjacent to an activating group) is 1. The standard InChI is InChI=1S/C12H26N4O/c1-11-10-16(12(17)14(4)5)9-8-15(11)7-6-13(2)3/h11H,6-10H2,1-5H3. The highest BCUT2D eigenvalue weighted by Crippen LogP contribution is 2.10. The van der Waals surface area contributed by atoms with E-state index in [0.29, 0.717) is 6.04 Å². The third-order valence-corrected chi connectivity index (χ3v) is 3.25. The third-order valence-electron chi connectivity index (χ3n) is 3.25. The van der Waals surface area contributed by atoms with Gasteiger partial charge in [-0.05, 0) is 21.0 Å². The highest BCUT2D eigenvalue weighted by atomic mass is 16.2. The molecule has 5 heteroatoms. The topological polar surface area (TPSA) is 30.0 Å². The molecule has 0 N–H and O–H groups in total. The van der Waals surface area contributed by atoms with Crippen molar-refractivity contribution in [3.05, 3.63) is 0 Å². The summed E-state index contributed by atoms with van der Waals surface area (Å²) in [5.74, 6) is 0. The summed E-state index contributed by atoms with van der Waals surface area (Å²) in [4.78, 5) is 20.1. The molecule has 1 fully saturated rings. The zero-order valence-electron chi connectivity index (χ0n) is 11.8. The molecule has 5 nitrogen and oxygen atoms in total. The zero-order chi connectivity index (χ0) is 13.0. The minimum absolute atomic E-state index is 0.129. The maximum atomic E-state index is 11.8. The van der Waals surface area contributed by atoms with Crippen LogP contribution in [0.2, 0.25) is 0 Å². The maximum absolute atomic E-state index is 11.8. The van der Waals surface area contributed by atoms with Crippen LogP contribution in [0.5, 0.6) is 0 Å². The molecule has 1 heterocycles. The Labute approximate surface area is 105 Å². The second-order valence-corrected chi connectivity index (χ2v) is 5.31. The quantitative estimate of drug-likeness (QED) is 0.710. The van der Waals surface area contributed by atoms with Crippen molar-refractivity contribution < 1.29 is 4.79 Å². The summed E-state index contributed by atoms with van der Waals surface area (Å²) >= 11 is 0. The average molecular weight is 242 g/mol. The van der Waals surface area contributed by atoms with Crippen molar-refractivity contribution >= 4 is 6.03 Å². The van der Waals surface area contributed by atoms with E-state index in [1.807, 2.05) is 19.0 Å². The van der Waals surface area contributed by atoms with Gasteiger partial charge < -0.3 is 14.7 Å². The van der Waals surface area contributed by atoms with Gasteiger partial charge in [0.2, 0.25) is 0 Å². The fourth-order valence-corrected chi connectivity index (χ4v) is 2.11. The van der Waals surface area contributed by atoms with E-state index in [2.05, 4.69) is 30.8 Å². The fourth-order valence-electron chi connectivity index (χ4n) is 2.11. The average Bonchev–Trinajstić information content (AvgIpc) is 2.26. The number of urea groups is 1. The Morgan fingerprint density at radius 2 is 1.88 bits per heavy atom. The Kier molecular flexibility index (Phi) is 5.21. The van der Waals surface area contributed by atoms with Crippen LogP contribution in [0.25, 0.3) is 0 Å². The molecule has 0 bridgehead atoms. The van der Waals surface area contributed by atoms with Crippen molar-refractivity contribution in [3.8, 4) is 0 Å². The normalized spacial score (nSPS) is 22.0. The lowest BCUT2D eigenvalue weighted by molar-refractivity contribution is 0.0831. The van der Waals surface area contributed by atoms with Crippen LogP contribution in [0.3, 0.4) is 0 Å². The highest BCUT2D eigenvalue weighted by molar-refractivity contribution is 5.73. The molecule has 1 aliphatic rings. The molecule has 0 radical (unpaired) electrons. The second-order valence-electron chi connectivity index (χ2n) is 5.31. The highest BCUT2D eigenvalue weighted by Gasteiger charge is 2.26. The van der Waals surface area contributed by atoms with Gasteiger partial charge in [-0.1, -0.05) is 0 Å². The number of carbonyl (C=O) groups is 1. The molecule has 0 aromatic carbocycles. The Morgan fingerprint density at radius 3 is 2.35 bits per heavy atom. The number of piperazine rings is 1. The van der Waals surface area contributed by atoms with Gasteiger partial charge in [0.1, 0.15) is 0 Å². The van der Waals surface area contributed by atoms with Crippen LogP contribution < -0.4 is 0 Å². The van der Waals surface area contributed by atoms with Crippen LogP contribution >= 0.6 is 0 Å². The molecule has 0 aromatic rings. The summed E-state index contributed by atoms with van der Waals surface area (Å²) in [5, 5.41) is 0. The van der Waals surface area contributed by atoms with Gasteiger partial charge in [-0.3, -0.25) is 4.90 Å². The van der Waals surface area contributed by atoms with Gasteiger partial charge in [-0.25, -0.2) is 4.79 Å². The van der Waals surface area contributed by atoms with E-state index < -0.39 is 0 Å². The van der Waals surface area contributed by atoms with Gasteiger partial charge in [0.15, 0.2) is 0 Å². The van der Waals surface area contributed by atoms with E-state index in [9.17, 15) is 4.79 Å². The molecule has 1 saturated heterocycles. The molecule has 1 aliphatic heterocycles. The van der Waals surface area contributed by atoms with Crippen LogP contribution in [-0.2, 0) is 0 Å². The molecular formula is C12H26N4O. The first-order valence-corrected chi connectivity index (χ1v) is 6.27. The predicted octanol–water partition coefficient (Wildman–Crippen LogP) is 0.236. The zero-order valence-corrected chi connectivity index (χ0v) is 11.8. The van der Waals surface area contributed by atoms with Gasteiger partial charge in [-0.2, -0.15) is 0 Å². The lowest BCUT2D eigenvalue weighted by Crippen LogP contribution is -2.56. The molecular weight excluding hydrogens is 216 g/mol. The Morgan fingerprint density at radius 1 is 1.24 bits per heavy atom. The summed E-state index contributed by atoms with van der Waals surface area (Å²) in [6.45, 7) is 7.02. The lowest BCUT2D eigenvalue weighted by Gasteiger charge is -2.41. The SMILES string of the molecule is CC1CN(C(=O)N(C)C)CCN1CCN(C)C. The minimum atomic E-state index is 0.129. The van der Waals surface area contributed by atoms with Gasteiger partial charge in [0.25, 0.3) is 0 Å². The van der Waals surface area contributed by atoms with E-state index in [1.165, 1.54) is 0 Å². The van der Waals surface area contributed by atoms with Gasteiger partial charge >= 0.3 is 6.03 Å². The summed E-state index contributed by atoms with van der Waals surface area (Å²) in [6.07, 6.45) is 0. The molecule has 0 spiro atoms. The number of hydrogen-bond donors (Lipinski definition) is 0. The summed E-state index contributed by atoms with van der Waals surface area (Å²) in [5.41, 5.74) is 0. The fraction of sp³-hybridized carbons (Fsp3) is 0.917. The van der Waals surface area contributed by atoms with Crippen molar-refractivity contribution in [3.63, 3.8) is 0 Å². The molecule has 0 aromatic heterocycles. The van der Waals surface area contributed by atoms with Crippen molar-refractivity contribution in [2.75, 3.05) is 60.9 Å². The van der Waals surface area contributed by atoms with E-state index in [4.69, 9.17) is 0 Å². The van der Waals surface area contributed by atoms with Crippen molar-refractivity contribution in [2.24, 2.45) is 0 Å². The van der Waals surface area contributed by atoms with Crippen LogP contribution in [-0.4, -0.2) is 92.6 Å². The van der Waals surface area contributed by atoms with E-state index in [0.717, 1.165) is 32.7 Å². The molecule has 1 rings (SSSR count). The van der Waals surface area contributed by atoms with E-state index in [-0.39, 0.29) is 6.03 Å². The van der Waals surface area contributed by atoms with E-state index >= 15 is 0 Å². The lowest BCUT2D eigenvalue weighted by atomic mass is 10.2. The second kappa shape index (κ2) is 6.21. The smallest absolute Gasteiger partial charge is 0.319 e. The molecule has 0 saturated carbocycles. The Balaban J connectivity index is 2.41. The third kappa shape index (κ3) is 4.16. The van der Waals surface area contributed by atoms with Crippen molar-refractivity contribution in [1.29, 1.82) is 0 Å². The van der Waals surface area contributed by atoms with Crippen molar-refractivity contribution in [2.45, 2.75) is 13.0 Å². The molecule has 17 heavy (non-hydrogen) atoms. The maximum Gasteiger partial charge on any atom is 0.319 e. The number of rotatable bonds is 3. The Bertz CT molecular complexity index is 255. The first-order valence-electron chi connectivity index (χ1n) is 6.27. The van der Waals surface area contributed by atoms with E-state index in [1.54, 1.807) is 4.90 Å². The van der Waals surface area contributed by atoms with Gasteiger partial charge in [0, 0.05) is 52.9 Å².